The molecule has 0 aromatic rings. The number of carbonyl (C=O) groups is 1. The van der Waals surface area contributed by atoms with Crippen LogP contribution in [-0.4, -0.2) is 12.5 Å². The van der Waals surface area contributed by atoms with E-state index in [1.54, 1.807) is 0 Å². The number of hydrogen-bond donors (Lipinski definition) is 1. The normalized spacial score (nSPS) is 11.6. The lowest BCUT2D eigenvalue weighted by molar-refractivity contribution is -0.121. The number of nitrogens with one attached hydrogen (secondary N) is 1. The maximum Gasteiger partial charge on any atom is 0.219 e. The van der Waals surface area contributed by atoms with E-state index in [2.05, 4.69) is 31.3 Å². The Bertz CT molecular complexity index is 528. The molecule has 0 aromatic carbocycles. The molecule has 0 spiro atoms. The van der Waals surface area contributed by atoms with Crippen molar-refractivity contribution in [3.63, 3.8) is 0 Å². The van der Waals surface area contributed by atoms with E-state index in [1.807, 2.05) is 0 Å². The molecular formula is C40H79NO. The van der Waals surface area contributed by atoms with Gasteiger partial charge in [0, 0.05) is 13.0 Å². The minimum Gasteiger partial charge on any atom is -0.356 e. The quantitative estimate of drug-likeness (QED) is 0.0571. The average molecular weight is 590 g/mol. The van der Waals surface area contributed by atoms with Crippen LogP contribution in [-0.2, 0) is 4.79 Å². The Hall–Kier alpha value is -0.790. The molecule has 0 aliphatic heterocycles. The highest BCUT2D eigenvalue weighted by Crippen LogP contribution is 2.15. The van der Waals surface area contributed by atoms with Crippen LogP contribution < -0.4 is 5.32 Å². The highest BCUT2D eigenvalue weighted by Gasteiger charge is 2.01. The predicted molar refractivity (Wildman–Crippen MR) is 190 cm³/mol. The second-order valence-corrected chi connectivity index (χ2v) is 13.4. The van der Waals surface area contributed by atoms with E-state index in [9.17, 15) is 4.79 Å². The fraction of sp³-hybridized carbons (Fsp3) is 0.925. The van der Waals surface area contributed by atoms with Crippen LogP contribution >= 0.6 is 0 Å². The SMILES string of the molecule is CCCCCCCCC=CCCCCCCCC(=O)NCCCCCCCCCCCCCCCCCCCCCC. The van der Waals surface area contributed by atoms with E-state index in [0.717, 1.165) is 25.8 Å². The Morgan fingerprint density at radius 1 is 0.381 bits per heavy atom. The monoisotopic (exact) mass is 590 g/mol. The smallest absolute Gasteiger partial charge is 0.219 e. The third-order valence-corrected chi connectivity index (χ3v) is 9.02. The van der Waals surface area contributed by atoms with Crippen LogP contribution in [0.1, 0.15) is 232 Å². The largest absolute Gasteiger partial charge is 0.356 e. The van der Waals surface area contributed by atoms with Gasteiger partial charge in [-0.3, -0.25) is 4.79 Å². The first-order chi connectivity index (χ1) is 20.8. The fourth-order valence-electron chi connectivity index (χ4n) is 6.05. The van der Waals surface area contributed by atoms with Crippen LogP contribution in [0.25, 0.3) is 0 Å². The van der Waals surface area contributed by atoms with Crippen LogP contribution in [0.3, 0.4) is 0 Å². The molecule has 0 aliphatic carbocycles. The van der Waals surface area contributed by atoms with E-state index >= 15 is 0 Å². The molecule has 0 unspecified atom stereocenters. The number of amides is 1. The molecule has 0 radical (unpaired) electrons. The summed E-state index contributed by atoms with van der Waals surface area (Å²) in [7, 11) is 0. The molecule has 250 valence electrons. The van der Waals surface area contributed by atoms with Crippen molar-refractivity contribution in [3.05, 3.63) is 12.2 Å². The summed E-state index contributed by atoms with van der Waals surface area (Å²) < 4.78 is 0. The summed E-state index contributed by atoms with van der Waals surface area (Å²) in [6, 6.07) is 0. The van der Waals surface area contributed by atoms with E-state index in [-0.39, 0.29) is 5.91 Å². The van der Waals surface area contributed by atoms with E-state index in [1.165, 1.54) is 199 Å². The lowest BCUT2D eigenvalue weighted by Crippen LogP contribution is -2.23. The highest BCUT2D eigenvalue weighted by atomic mass is 16.1. The Morgan fingerprint density at radius 2 is 0.667 bits per heavy atom. The van der Waals surface area contributed by atoms with Gasteiger partial charge in [-0.05, 0) is 38.5 Å². The molecule has 0 bridgehead atoms. The average Bonchev–Trinajstić information content (AvgIpc) is 3.00. The molecule has 2 nitrogen and oxygen atoms in total. The first-order valence-corrected chi connectivity index (χ1v) is 19.7. The van der Waals surface area contributed by atoms with E-state index in [4.69, 9.17) is 0 Å². The lowest BCUT2D eigenvalue weighted by Gasteiger charge is -2.06. The Labute approximate surface area is 266 Å². The van der Waals surface area contributed by atoms with Gasteiger partial charge in [0.05, 0.1) is 0 Å². The van der Waals surface area contributed by atoms with Crippen molar-refractivity contribution in [3.8, 4) is 0 Å². The van der Waals surface area contributed by atoms with Gasteiger partial charge in [-0.15, -0.1) is 0 Å². The number of allylic oxidation sites excluding steroid dienone is 2. The zero-order valence-corrected chi connectivity index (χ0v) is 29.3. The molecule has 0 fully saturated rings. The third-order valence-electron chi connectivity index (χ3n) is 9.02. The lowest BCUT2D eigenvalue weighted by atomic mass is 10.0. The summed E-state index contributed by atoms with van der Waals surface area (Å²) in [5.41, 5.74) is 0. The van der Waals surface area contributed by atoms with Gasteiger partial charge in [0.1, 0.15) is 0 Å². The van der Waals surface area contributed by atoms with Gasteiger partial charge in [0.25, 0.3) is 0 Å². The Morgan fingerprint density at radius 3 is 1.02 bits per heavy atom. The van der Waals surface area contributed by atoms with Crippen LogP contribution in [0.5, 0.6) is 0 Å². The van der Waals surface area contributed by atoms with Crippen molar-refractivity contribution in [2.24, 2.45) is 0 Å². The molecule has 0 saturated carbocycles. The molecular weight excluding hydrogens is 510 g/mol. The highest BCUT2D eigenvalue weighted by molar-refractivity contribution is 5.75. The zero-order chi connectivity index (χ0) is 30.4. The van der Waals surface area contributed by atoms with Crippen molar-refractivity contribution in [1.82, 2.24) is 5.32 Å². The van der Waals surface area contributed by atoms with E-state index < -0.39 is 0 Å². The van der Waals surface area contributed by atoms with Gasteiger partial charge in [-0.1, -0.05) is 199 Å². The summed E-state index contributed by atoms with van der Waals surface area (Å²) in [6.45, 7) is 5.46. The first-order valence-electron chi connectivity index (χ1n) is 19.7. The number of unbranched alkanes of at least 4 members (excludes halogenated alkanes) is 30. The number of hydrogen-bond acceptors (Lipinski definition) is 1. The summed E-state index contributed by atoms with van der Waals surface area (Å²) in [6.07, 6.45) is 50.7. The third kappa shape index (κ3) is 37.2. The molecule has 0 aliphatic rings. The van der Waals surface area contributed by atoms with Crippen LogP contribution in [0, 0.1) is 0 Å². The minimum atomic E-state index is 0.269. The molecule has 0 aromatic heterocycles. The molecule has 42 heavy (non-hydrogen) atoms. The van der Waals surface area contributed by atoms with Crippen LogP contribution in [0.15, 0.2) is 12.2 Å². The maximum atomic E-state index is 12.1. The zero-order valence-electron chi connectivity index (χ0n) is 29.3. The van der Waals surface area contributed by atoms with Crippen LogP contribution in [0.2, 0.25) is 0 Å². The molecule has 0 rings (SSSR count). The van der Waals surface area contributed by atoms with Gasteiger partial charge in [-0.25, -0.2) is 0 Å². The molecule has 1 amide bonds. The summed E-state index contributed by atoms with van der Waals surface area (Å²) >= 11 is 0. The number of rotatable bonds is 36. The molecule has 2 heteroatoms. The van der Waals surface area contributed by atoms with Gasteiger partial charge in [0.15, 0.2) is 0 Å². The predicted octanol–water partition coefficient (Wildman–Crippen LogP) is 14.0. The first kappa shape index (κ1) is 41.2. The van der Waals surface area contributed by atoms with Crippen molar-refractivity contribution in [2.45, 2.75) is 232 Å². The summed E-state index contributed by atoms with van der Waals surface area (Å²) in [4.78, 5) is 12.1. The van der Waals surface area contributed by atoms with Gasteiger partial charge in [-0.2, -0.15) is 0 Å². The summed E-state index contributed by atoms with van der Waals surface area (Å²) in [5, 5.41) is 3.14. The number of carbonyl (C=O) groups excluding carboxylic acids is 1. The van der Waals surface area contributed by atoms with Gasteiger partial charge >= 0.3 is 0 Å². The van der Waals surface area contributed by atoms with Crippen molar-refractivity contribution in [2.75, 3.05) is 6.54 Å². The Balaban J connectivity index is 3.17. The standard InChI is InChI=1S/C40H79NO/c1-3-5-7-9-11-13-15-17-19-20-21-22-23-25-27-29-31-33-35-37-39-41-40(42)38-36-34-32-30-28-26-24-18-16-14-12-10-8-6-4-2/h18,24H,3-17,19-23,25-39H2,1-2H3,(H,41,42). The fourth-order valence-corrected chi connectivity index (χ4v) is 6.05. The van der Waals surface area contributed by atoms with Gasteiger partial charge in [0.2, 0.25) is 5.91 Å². The molecule has 0 heterocycles. The molecule has 1 N–H and O–H groups in total. The van der Waals surface area contributed by atoms with Gasteiger partial charge < -0.3 is 5.32 Å². The van der Waals surface area contributed by atoms with Crippen LogP contribution in [0.4, 0.5) is 0 Å². The van der Waals surface area contributed by atoms with Crippen molar-refractivity contribution in [1.29, 1.82) is 0 Å². The van der Waals surface area contributed by atoms with Crippen molar-refractivity contribution < 1.29 is 4.79 Å². The summed E-state index contributed by atoms with van der Waals surface area (Å²) in [5.74, 6) is 0.269. The second kappa shape index (κ2) is 38.2. The topological polar surface area (TPSA) is 29.1 Å². The van der Waals surface area contributed by atoms with Crippen molar-refractivity contribution >= 4 is 5.91 Å². The minimum absolute atomic E-state index is 0.269. The van der Waals surface area contributed by atoms with E-state index in [0.29, 0.717) is 0 Å². The Kier molecular flexibility index (Phi) is 37.5. The second-order valence-electron chi connectivity index (χ2n) is 13.4. The molecule has 0 atom stereocenters. The molecule has 0 saturated heterocycles. The maximum absolute atomic E-state index is 12.1.